The van der Waals surface area contributed by atoms with Crippen molar-refractivity contribution in [1.29, 1.82) is 0 Å². The minimum Gasteiger partial charge on any atom is -0.373 e. The molecule has 6 heteroatoms. The molecule has 0 aliphatic rings. The van der Waals surface area contributed by atoms with Crippen LogP contribution >= 0.6 is 0 Å². The Balaban J connectivity index is 1.85. The summed E-state index contributed by atoms with van der Waals surface area (Å²) in [4.78, 5) is 12.7. The van der Waals surface area contributed by atoms with Crippen LogP contribution in [0.3, 0.4) is 0 Å². The number of aryl methyl sites for hydroxylation is 1. The highest BCUT2D eigenvalue weighted by molar-refractivity contribution is 5.58. The summed E-state index contributed by atoms with van der Waals surface area (Å²) in [5.41, 5.74) is 1.15. The molecule has 6 nitrogen and oxygen atoms in total. The summed E-state index contributed by atoms with van der Waals surface area (Å²) in [6.45, 7) is 6.23. The third-order valence-electron chi connectivity index (χ3n) is 3.39. The summed E-state index contributed by atoms with van der Waals surface area (Å²) in [7, 11) is 1.89. The van der Waals surface area contributed by atoms with Gasteiger partial charge >= 0.3 is 0 Å². The number of hydrogen-bond donors (Lipinski definition) is 2. The smallest absolute Gasteiger partial charge is 0.134 e. The predicted octanol–water partition coefficient (Wildman–Crippen LogP) is 2.73. The first-order chi connectivity index (χ1) is 10.2. The molecule has 114 valence electrons. The van der Waals surface area contributed by atoms with Crippen molar-refractivity contribution in [1.82, 2.24) is 19.5 Å². The number of nitrogens with zero attached hydrogens (tertiary/aromatic N) is 4. The lowest BCUT2D eigenvalue weighted by Crippen LogP contribution is -2.11. The van der Waals surface area contributed by atoms with Crippen LogP contribution in [-0.2, 0) is 6.54 Å². The standard InChI is InChI=1S/C15H24N6/c1-12(2)13-14(16-3)19-10-20-15(13)18-6-4-5-8-21-9-7-17-11-21/h7,9-12H,4-6,8H2,1-3H3,(H2,16,18,19,20). The van der Waals surface area contributed by atoms with Crippen molar-refractivity contribution in [3.8, 4) is 0 Å². The molecule has 2 heterocycles. The molecule has 0 fully saturated rings. The highest BCUT2D eigenvalue weighted by Crippen LogP contribution is 2.27. The Hall–Kier alpha value is -2.11. The maximum Gasteiger partial charge on any atom is 0.134 e. The summed E-state index contributed by atoms with van der Waals surface area (Å²) >= 11 is 0. The van der Waals surface area contributed by atoms with E-state index in [1.807, 2.05) is 25.8 Å². The molecule has 0 saturated carbocycles. The Kier molecular flexibility index (Phi) is 5.54. The molecular weight excluding hydrogens is 264 g/mol. The van der Waals surface area contributed by atoms with Crippen molar-refractivity contribution in [2.24, 2.45) is 0 Å². The second-order valence-corrected chi connectivity index (χ2v) is 5.32. The molecule has 0 atom stereocenters. The lowest BCUT2D eigenvalue weighted by atomic mass is 10.0. The van der Waals surface area contributed by atoms with Gasteiger partial charge in [0.05, 0.1) is 6.33 Å². The number of nitrogens with one attached hydrogen (secondary N) is 2. The monoisotopic (exact) mass is 288 g/mol. The van der Waals surface area contributed by atoms with Crippen LogP contribution in [0, 0.1) is 0 Å². The second kappa shape index (κ2) is 7.61. The third kappa shape index (κ3) is 4.18. The van der Waals surface area contributed by atoms with Gasteiger partial charge < -0.3 is 15.2 Å². The number of imidazole rings is 1. The first-order valence-corrected chi connectivity index (χ1v) is 7.44. The van der Waals surface area contributed by atoms with Gasteiger partial charge in [0.25, 0.3) is 0 Å². The topological polar surface area (TPSA) is 67.7 Å². The zero-order valence-electron chi connectivity index (χ0n) is 13.0. The summed E-state index contributed by atoms with van der Waals surface area (Å²) < 4.78 is 2.10. The van der Waals surface area contributed by atoms with Crippen LogP contribution < -0.4 is 10.6 Å². The minimum atomic E-state index is 0.377. The zero-order chi connectivity index (χ0) is 15.1. The van der Waals surface area contributed by atoms with Crippen molar-refractivity contribution < 1.29 is 0 Å². The number of anilines is 2. The quantitative estimate of drug-likeness (QED) is 0.731. The van der Waals surface area contributed by atoms with E-state index in [1.165, 1.54) is 0 Å². The van der Waals surface area contributed by atoms with Gasteiger partial charge in [0.2, 0.25) is 0 Å². The molecule has 21 heavy (non-hydrogen) atoms. The predicted molar refractivity (Wildman–Crippen MR) is 85.6 cm³/mol. The van der Waals surface area contributed by atoms with Gasteiger partial charge in [-0.1, -0.05) is 13.8 Å². The zero-order valence-corrected chi connectivity index (χ0v) is 13.0. The molecule has 2 rings (SSSR count). The first kappa shape index (κ1) is 15.3. The van der Waals surface area contributed by atoms with E-state index in [0.29, 0.717) is 5.92 Å². The first-order valence-electron chi connectivity index (χ1n) is 7.44. The van der Waals surface area contributed by atoms with E-state index in [-0.39, 0.29) is 0 Å². The Labute approximate surface area is 126 Å². The van der Waals surface area contributed by atoms with Gasteiger partial charge in [0.1, 0.15) is 18.0 Å². The van der Waals surface area contributed by atoms with Crippen LogP contribution in [0.4, 0.5) is 11.6 Å². The average molecular weight is 288 g/mol. The van der Waals surface area contributed by atoms with Gasteiger partial charge in [0, 0.05) is 38.1 Å². The van der Waals surface area contributed by atoms with Crippen molar-refractivity contribution in [3.05, 3.63) is 30.6 Å². The number of unbranched alkanes of at least 4 members (excludes halogenated alkanes) is 1. The highest BCUT2D eigenvalue weighted by atomic mass is 15.1. The van der Waals surface area contributed by atoms with Crippen molar-refractivity contribution >= 4 is 11.6 Å². The maximum atomic E-state index is 4.38. The molecule has 0 unspecified atom stereocenters. The van der Waals surface area contributed by atoms with Gasteiger partial charge in [-0.3, -0.25) is 0 Å². The molecule has 0 aliphatic heterocycles. The van der Waals surface area contributed by atoms with Gasteiger partial charge in [0.15, 0.2) is 0 Å². The molecule has 0 saturated heterocycles. The molecular formula is C15H24N6. The van der Waals surface area contributed by atoms with E-state index in [2.05, 4.69) is 44.0 Å². The Morgan fingerprint density at radius 1 is 1.19 bits per heavy atom. The van der Waals surface area contributed by atoms with Gasteiger partial charge in [-0.05, 0) is 18.8 Å². The van der Waals surface area contributed by atoms with E-state index in [0.717, 1.165) is 43.1 Å². The minimum absolute atomic E-state index is 0.377. The largest absolute Gasteiger partial charge is 0.373 e. The fraction of sp³-hybridized carbons (Fsp3) is 0.533. The molecule has 0 spiro atoms. The maximum absolute atomic E-state index is 4.38. The van der Waals surface area contributed by atoms with E-state index in [1.54, 1.807) is 6.33 Å². The van der Waals surface area contributed by atoms with E-state index in [4.69, 9.17) is 0 Å². The van der Waals surface area contributed by atoms with Crippen LogP contribution in [0.25, 0.3) is 0 Å². The molecule has 2 N–H and O–H groups in total. The van der Waals surface area contributed by atoms with Crippen LogP contribution in [0.1, 0.15) is 38.2 Å². The fourth-order valence-corrected chi connectivity index (χ4v) is 2.33. The highest BCUT2D eigenvalue weighted by Gasteiger charge is 2.13. The Morgan fingerprint density at radius 3 is 2.67 bits per heavy atom. The molecule has 2 aromatic heterocycles. The van der Waals surface area contributed by atoms with E-state index in [9.17, 15) is 0 Å². The van der Waals surface area contributed by atoms with Gasteiger partial charge in [-0.25, -0.2) is 15.0 Å². The number of rotatable bonds is 8. The SMILES string of the molecule is CNc1ncnc(NCCCCn2ccnc2)c1C(C)C. The van der Waals surface area contributed by atoms with Crippen molar-refractivity contribution in [3.63, 3.8) is 0 Å². The lowest BCUT2D eigenvalue weighted by molar-refractivity contribution is 0.620. The normalized spacial score (nSPS) is 10.9. The number of hydrogen-bond acceptors (Lipinski definition) is 5. The fourth-order valence-electron chi connectivity index (χ4n) is 2.33. The summed E-state index contributed by atoms with van der Waals surface area (Å²) in [6.07, 6.45) is 9.47. The van der Waals surface area contributed by atoms with E-state index < -0.39 is 0 Å². The molecule has 0 aliphatic carbocycles. The molecule has 0 amide bonds. The van der Waals surface area contributed by atoms with Crippen LogP contribution in [0.2, 0.25) is 0 Å². The van der Waals surface area contributed by atoms with E-state index >= 15 is 0 Å². The van der Waals surface area contributed by atoms with Crippen LogP contribution in [0.5, 0.6) is 0 Å². The summed E-state index contributed by atoms with van der Waals surface area (Å²) in [5.74, 6) is 2.22. The van der Waals surface area contributed by atoms with Crippen molar-refractivity contribution in [2.45, 2.75) is 39.2 Å². The number of aromatic nitrogens is 4. The van der Waals surface area contributed by atoms with Gasteiger partial charge in [-0.15, -0.1) is 0 Å². The lowest BCUT2D eigenvalue weighted by Gasteiger charge is -2.16. The summed E-state index contributed by atoms with van der Waals surface area (Å²) in [5, 5.41) is 6.57. The van der Waals surface area contributed by atoms with Gasteiger partial charge in [-0.2, -0.15) is 0 Å². The van der Waals surface area contributed by atoms with Crippen molar-refractivity contribution in [2.75, 3.05) is 24.2 Å². The molecule has 2 aromatic rings. The summed E-state index contributed by atoms with van der Waals surface area (Å²) in [6, 6.07) is 0. The third-order valence-corrected chi connectivity index (χ3v) is 3.39. The van der Waals surface area contributed by atoms with Crippen LogP contribution in [0.15, 0.2) is 25.0 Å². The van der Waals surface area contributed by atoms with Crippen LogP contribution in [-0.4, -0.2) is 33.1 Å². The molecule has 0 radical (unpaired) electrons. The molecule has 0 aromatic carbocycles. The Bertz CT molecular complexity index is 535. The Morgan fingerprint density at radius 2 is 2.00 bits per heavy atom. The second-order valence-electron chi connectivity index (χ2n) is 5.32. The average Bonchev–Trinajstić information content (AvgIpc) is 2.99. The molecule has 0 bridgehead atoms.